The Labute approximate surface area is 339 Å². The van der Waals surface area contributed by atoms with Crippen LogP contribution < -0.4 is 0 Å². The fraction of sp³-hybridized carbons (Fsp3) is 0.524. The zero-order chi connectivity index (χ0) is 40.2. The molecule has 0 bridgehead atoms. The number of esters is 2. The maximum atomic E-state index is 17.4. The van der Waals surface area contributed by atoms with Crippen LogP contribution in [0, 0.1) is 11.6 Å². The highest BCUT2D eigenvalue weighted by atomic mass is 32.3. The molecule has 0 unspecified atom stereocenters. The second-order valence-corrected chi connectivity index (χ2v) is 29.6. The standard InChI is InChI=1S/C42H56F2O4S6/c1-15-47-41(45)37-35(31-17-27-29(49-31)19-33(51-27)53(21(3)4,22(5)6)23(7)8)40(44)38(42(46)48-16-2)36(39(37)43)32-18-28-30(50-32)20-34(52-28)54(24(9)10,25(11)12)26(13)14/h17-26H,15-16H2,1-14H3. The highest BCUT2D eigenvalue weighted by Crippen LogP contribution is 2.70. The van der Waals surface area contributed by atoms with Gasteiger partial charge >= 0.3 is 11.9 Å². The van der Waals surface area contributed by atoms with Gasteiger partial charge in [-0.15, -0.1) is 45.3 Å². The van der Waals surface area contributed by atoms with E-state index in [2.05, 4.69) is 95.2 Å². The molecule has 54 heavy (non-hydrogen) atoms. The van der Waals surface area contributed by atoms with E-state index in [9.17, 15) is 9.59 Å². The fourth-order valence-electron chi connectivity index (χ4n) is 8.82. The number of fused-ring (bicyclic) bond motifs is 2. The van der Waals surface area contributed by atoms with Gasteiger partial charge in [0, 0.05) is 48.1 Å². The molecule has 5 aromatic rings. The van der Waals surface area contributed by atoms with E-state index >= 15 is 8.78 Å². The monoisotopic (exact) mass is 854 g/mol. The lowest BCUT2D eigenvalue weighted by Crippen LogP contribution is -2.28. The molecule has 0 amide bonds. The van der Waals surface area contributed by atoms with E-state index < -0.39 is 54.8 Å². The Balaban J connectivity index is 1.77. The molecule has 0 N–H and O–H groups in total. The second-order valence-electron chi connectivity index (χ2n) is 15.2. The smallest absolute Gasteiger partial charge is 0.341 e. The van der Waals surface area contributed by atoms with E-state index in [1.165, 1.54) is 31.1 Å². The topological polar surface area (TPSA) is 52.6 Å². The maximum absolute atomic E-state index is 17.4. The summed E-state index contributed by atoms with van der Waals surface area (Å²) in [5.41, 5.74) is -1.53. The predicted molar refractivity (Wildman–Crippen MR) is 238 cm³/mol. The molecule has 0 aliphatic carbocycles. The van der Waals surface area contributed by atoms with Gasteiger partial charge in [0.1, 0.15) is 22.8 Å². The van der Waals surface area contributed by atoms with Crippen LogP contribution >= 0.6 is 65.4 Å². The molecule has 4 heterocycles. The first kappa shape index (κ1) is 43.2. The second kappa shape index (κ2) is 16.5. The molecule has 4 nitrogen and oxygen atoms in total. The number of carbonyl (C=O) groups is 2. The number of hydrogen-bond donors (Lipinski definition) is 0. The van der Waals surface area contributed by atoms with Gasteiger partial charge in [-0.1, -0.05) is 83.1 Å². The van der Waals surface area contributed by atoms with Crippen molar-refractivity contribution in [1.82, 2.24) is 0 Å². The SMILES string of the molecule is CCOC(=O)c1c(F)c(-c2cc3sc(S(C(C)C)(C(C)C)C(C)C)cc3s2)c(C(=O)OCC)c(F)c1-c1cc2sc(S(C(C)C)(C(C)C)C(C)C)cc2s1. The van der Waals surface area contributed by atoms with E-state index in [0.29, 0.717) is 41.3 Å². The van der Waals surface area contributed by atoms with Gasteiger partial charge in [0.2, 0.25) is 0 Å². The zero-order valence-corrected chi connectivity index (χ0v) is 38.9. The Morgan fingerprint density at radius 1 is 0.519 bits per heavy atom. The number of hydrogen-bond acceptors (Lipinski definition) is 8. The van der Waals surface area contributed by atoms with Crippen molar-refractivity contribution < 1.29 is 27.8 Å². The molecule has 0 spiro atoms. The molecular formula is C42H56F2O4S6. The van der Waals surface area contributed by atoms with Crippen molar-refractivity contribution in [2.24, 2.45) is 0 Å². The lowest BCUT2D eigenvalue weighted by molar-refractivity contribution is 0.0504. The van der Waals surface area contributed by atoms with Crippen LogP contribution in [0.15, 0.2) is 32.7 Å². The summed E-state index contributed by atoms with van der Waals surface area (Å²) >= 11 is 6.01. The Morgan fingerprint density at radius 3 is 1.04 bits per heavy atom. The van der Waals surface area contributed by atoms with Crippen LogP contribution in [0.25, 0.3) is 39.7 Å². The number of carbonyl (C=O) groups excluding carboxylic acids is 2. The van der Waals surface area contributed by atoms with Crippen LogP contribution in [-0.4, -0.2) is 56.7 Å². The van der Waals surface area contributed by atoms with E-state index in [4.69, 9.17) is 9.47 Å². The third kappa shape index (κ3) is 6.90. The minimum Gasteiger partial charge on any atom is -0.462 e. The molecule has 0 atom stereocenters. The van der Waals surface area contributed by atoms with Gasteiger partial charge in [-0.25, -0.2) is 18.4 Å². The molecule has 0 aliphatic heterocycles. The van der Waals surface area contributed by atoms with E-state index in [0.717, 1.165) is 18.8 Å². The molecule has 0 radical (unpaired) electrons. The summed E-state index contributed by atoms with van der Waals surface area (Å²) in [6, 6.07) is 8.10. The average molecular weight is 855 g/mol. The van der Waals surface area contributed by atoms with Crippen molar-refractivity contribution in [1.29, 1.82) is 0 Å². The number of thiophene rings is 4. The Morgan fingerprint density at radius 2 is 0.796 bits per heavy atom. The van der Waals surface area contributed by atoms with Crippen LogP contribution in [0.1, 0.15) is 118 Å². The third-order valence-corrected chi connectivity index (χ3v) is 28.0. The summed E-state index contributed by atoms with van der Waals surface area (Å²) in [5, 5.41) is 2.72. The average Bonchev–Trinajstić information content (AvgIpc) is 3.82. The molecule has 1 aromatic carbocycles. The van der Waals surface area contributed by atoms with Gasteiger partial charge in [-0.05, 0) is 69.6 Å². The van der Waals surface area contributed by atoms with Gasteiger partial charge in [0.25, 0.3) is 0 Å². The first-order valence-electron chi connectivity index (χ1n) is 18.9. The number of rotatable bonds is 14. The van der Waals surface area contributed by atoms with E-state index in [-0.39, 0.29) is 24.3 Å². The van der Waals surface area contributed by atoms with E-state index in [1.54, 1.807) is 36.5 Å². The Hall–Kier alpha value is -1.96. The normalized spacial score (nSPS) is 13.6. The van der Waals surface area contributed by atoms with Gasteiger partial charge < -0.3 is 9.47 Å². The zero-order valence-electron chi connectivity index (χ0n) is 34.0. The molecule has 0 aliphatic rings. The summed E-state index contributed by atoms with van der Waals surface area (Å²) in [5.74, 6) is -3.90. The van der Waals surface area contributed by atoms with Crippen molar-refractivity contribution in [3.8, 4) is 20.9 Å². The summed E-state index contributed by atoms with van der Waals surface area (Å²) in [6.07, 6.45) is 0. The number of ether oxygens (including phenoxy) is 2. The van der Waals surface area contributed by atoms with Crippen molar-refractivity contribution in [3.63, 3.8) is 0 Å². The quantitative estimate of drug-likeness (QED) is 0.104. The van der Waals surface area contributed by atoms with Gasteiger partial charge in [0.05, 0.1) is 13.2 Å². The molecule has 298 valence electrons. The Kier molecular flexibility index (Phi) is 13.2. The van der Waals surface area contributed by atoms with Crippen molar-refractivity contribution in [2.45, 2.75) is 137 Å². The van der Waals surface area contributed by atoms with E-state index in [1.807, 2.05) is 12.1 Å². The molecule has 4 aromatic heterocycles. The highest BCUT2D eigenvalue weighted by molar-refractivity contribution is 8.36. The largest absolute Gasteiger partial charge is 0.462 e. The number of halogens is 2. The first-order chi connectivity index (χ1) is 25.3. The van der Waals surface area contributed by atoms with Crippen molar-refractivity contribution >= 4 is 96.1 Å². The molecule has 12 heteroatoms. The minimum atomic E-state index is -1.21. The molecule has 5 rings (SSSR count). The Bertz CT molecular complexity index is 1900. The lowest BCUT2D eigenvalue weighted by atomic mass is 9.94. The highest BCUT2D eigenvalue weighted by Gasteiger charge is 2.41. The fourth-order valence-corrected chi connectivity index (χ4v) is 28.4. The molecule has 0 saturated heterocycles. The van der Waals surface area contributed by atoms with Crippen LogP contribution in [0.3, 0.4) is 0 Å². The van der Waals surface area contributed by atoms with Gasteiger partial charge in [0.15, 0.2) is 0 Å². The molecule has 0 fully saturated rings. The van der Waals surface area contributed by atoms with Crippen molar-refractivity contribution in [2.75, 3.05) is 13.2 Å². The number of benzene rings is 1. The van der Waals surface area contributed by atoms with Gasteiger partial charge in [-0.3, -0.25) is 0 Å². The van der Waals surface area contributed by atoms with Gasteiger partial charge in [-0.2, -0.15) is 20.1 Å². The third-order valence-electron chi connectivity index (χ3n) is 10.6. The van der Waals surface area contributed by atoms with Crippen molar-refractivity contribution in [3.05, 3.63) is 47.0 Å². The summed E-state index contributed by atoms with van der Waals surface area (Å²) in [4.78, 5) is 28.1. The molecule has 0 saturated carbocycles. The summed E-state index contributed by atoms with van der Waals surface area (Å²) in [7, 11) is -2.42. The lowest BCUT2D eigenvalue weighted by Gasteiger charge is -2.50. The van der Waals surface area contributed by atoms with Crippen LogP contribution in [-0.2, 0) is 9.47 Å². The summed E-state index contributed by atoms with van der Waals surface area (Å²) in [6.45, 7) is 30.8. The van der Waals surface area contributed by atoms with Crippen LogP contribution in [0.4, 0.5) is 8.78 Å². The molecular weight excluding hydrogens is 799 g/mol. The summed E-state index contributed by atoms with van der Waals surface area (Å²) < 4.78 is 51.9. The van der Waals surface area contributed by atoms with Crippen LogP contribution in [0.5, 0.6) is 0 Å². The maximum Gasteiger partial charge on any atom is 0.341 e. The first-order valence-corrected chi connectivity index (χ1v) is 25.8. The minimum absolute atomic E-state index is 0.0230. The predicted octanol–water partition coefficient (Wildman–Crippen LogP) is 15.0. The van der Waals surface area contributed by atoms with Crippen LogP contribution in [0.2, 0.25) is 0 Å².